The third-order valence-electron chi connectivity index (χ3n) is 4.91. The number of fused-ring (bicyclic) bond motifs is 1. The van der Waals surface area contributed by atoms with Crippen LogP contribution in [0.15, 0.2) is 54.6 Å². The summed E-state index contributed by atoms with van der Waals surface area (Å²) >= 11 is 0. The first-order valence-corrected chi connectivity index (χ1v) is 9.56. The summed E-state index contributed by atoms with van der Waals surface area (Å²) in [6.07, 6.45) is 0.927. The van der Waals surface area contributed by atoms with Crippen molar-refractivity contribution in [2.45, 2.75) is 20.3 Å². The zero-order valence-corrected chi connectivity index (χ0v) is 16.6. The first-order chi connectivity index (χ1) is 14.5. The maximum Gasteiger partial charge on any atom is 0.336 e. The largest absolute Gasteiger partial charge is 0.478 e. The highest BCUT2D eigenvalue weighted by atomic mass is 16.4. The van der Waals surface area contributed by atoms with Crippen LogP contribution in [0.25, 0.3) is 33.5 Å². The number of aryl methyl sites for hydroxylation is 1. The van der Waals surface area contributed by atoms with Crippen LogP contribution in [0.4, 0.5) is 5.69 Å². The van der Waals surface area contributed by atoms with Gasteiger partial charge in [-0.3, -0.25) is 9.89 Å². The minimum absolute atomic E-state index is 0.129. The van der Waals surface area contributed by atoms with E-state index in [2.05, 4.69) is 27.4 Å². The minimum atomic E-state index is -1.05. The lowest BCUT2D eigenvalue weighted by Gasteiger charge is -2.07. The molecule has 2 aromatic heterocycles. The van der Waals surface area contributed by atoms with Gasteiger partial charge in [-0.15, -0.1) is 0 Å². The molecular formula is C23H20N4O3. The number of carboxylic acids is 1. The molecule has 0 aliphatic heterocycles. The molecule has 0 fully saturated rings. The van der Waals surface area contributed by atoms with Gasteiger partial charge >= 0.3 is 5.97 Å². The van der Waals surface area contributed by atoms with Crippen molar-refractivity contribution in [3.05, 3.63) is 65.7 Å². The minimum Gasteiger partial charge on any atom is -0.478 e. The molecule has 7 heteroatoms. The number of nitrogens with zero attached hydrogens (tertiary/aromatic N) is 2. The monoisotopic (exact) mass is 400 g/mol. The van der Waals surface area contributed by atoms with Gasteiger partial charge < -0.3 is 10.4 Å². The van der Waals surface area contributed by atoms with Gasteiger partial charge in [-0.2, -0.15) is 5.10 Å². The van der Waals surface area contributed by atoms with Gasteiger partial charge in [0.25, 0.3) is 0 Å². The molecule has 4 rings (SSSR count). The van der Waals surface area contributed by atoms with Crippen molar-refractivity contribution in [2.24, 2.45) is 0 Å². The van der Waals surface area contributed by atoms with Crippen LogP contribution in [-0.4, -0.2) is 32.2 Å². The molecule has 0 spiro atoms. The van der Waals surface area contributed by atoms with Crippen molar-refractivity contribution < 1.29 is 14.7 Å². The lowest BCUT2D eigenvalue weighted by Crippen LogP contribution is -2.05. The predicted octanol–water partition coefficient (Wildman–Crippen LogP) is 4.51. The molecule has 0 saturated carbocycles. The van der Waals surface area contributed by atoms with Crippen molar-refractivity contribution in [2.75, 3.05) is 5.32 Å². The standard InChI is InChI=1S/C23H20N4O3/c1-3-14-4-6-16(7-5-14)21-20-18(23(29)30)12-19(25-22(20)27-26-21)15-8-10-17(11-9-15)24-13(2)28/h4-12H,3H2,1-2H3,(H,24,28)(H,29,30)(H,25,26,27). The van der Waals surface area contributed by atoms with Gasteiger partial charge in [0.05, 0.1) is 22.3 Å². The van der Waals surface area contributed by atoms with Crippen LogP contribution in [0.5, 0.6) is 0 Å². The average molecular weight is 400 g/mol. The zero-order valence-electron chi connectivity index (χ0n) is 16.6. The topological polar surface area (TPSA) is 108 Å². The van der Waals surface area contributed by atoms with Crippen molar-refractivity contribution >= 4 is 28.6 Å². The van der Waals surface area contributed by atoms with Crippen LogP contribution in [0, 0.1) is 0 Å². The number of nitrogens with one attached hydrogen (secondary N) is 2. The Bertz CT molecular complexity index is 1240. The number of carbonyl (C=O) groups excluding carboxylic acids is 1. The number of rotatable bonds is 5. The Morgan fingerprint density at radius 3 is 2.30 bits per heavy atom. The van der Waals surface area contributed by atoms with E-state index >= 15 is 0 Å². The quantitative estimate of drug-likeness (QED) is 0.457. The van der Waals surface area contributed by atoms with Gasteiger partial charge in [0.15, 0.2) is 5.65 Å². The maximum atomic E-state index is 12.0. The Balaban J connectivity index is 1.81. The number of aromatic amines is 1. The van der Waals surface area contributed by atoms with E-state index in [9.17, 15) is 14.7 Å². The summed E-state index contributed by atoms with van der Waals surface area (Å²) in [7, 11) is 0. The molecule has 150 valence electrons. The Kier molecular flexibility index (Phi) is 5.02. The molecular weight excluding hydrogens is 380 g/mol. The summed E-state index contributed by atoms with van der Waals surface area (Å²) in [5.74, 6) is -1.21. The van der Waals surface area contributed by atoms with E-state index in [0.717, 1.165) is 17.5 Å². The van der Waals surface area contributed by atoms with Crippen LogP contribution in [0.1, 0.15) is 29.8 Å². The van der Waals surface area contributed by atoms with Crippen molar-refractivity contribution in [1.82, 2.24) is 15.2 Å². The molecule has 2 heterocycles. The Morgan fingerprint density at radius 2 is 1.70 bits per heavy atom. The first-order valence-electron chi connectivity index (χ1n) is 9.56. The second kappa shape index (κ2) is 7.79. The molecule has 2 aromatic carbocycles. The fourth-order valence-electron chi connectivity index (χ4n) is 3.38. The summed E-state index contributed by atoms with van der Waals surface area (Å²) < 4.78 is 0. The number of amides is 1. The molecule has 4 aromatic rings. The number of H-pyrrole nitrogens is 1. The maximum absolute atomic E-state index is 12.0. The smallest absolute Gasteiger partial charge is 0.336 e. The van der Waals surface area contributed by atoms with Crippen LogP contribution in [-0.2, 0) is 11.2 Å². The van der Waals surface area contributed by atoms with Gasteiger partial charge in [-0.05, 0) is 30.2 Å². The molecule has 7 nitrogen and oxygen atoms in total. The van der Waals surface area contributed by atoms with Crippen LogP contribution >= 0.6 is 0 Å². The SMILES string of the molecule is CCc1ccc(-c2[nH]nc3nc(-c4ccc(NC(C)=O)cc4)cc(C(=O)O)c23)cc1. The van der Waals surface area contributed by atoms with Gasteiger partial charge in [-0.25, -0.2) is 9.78 Å². The van der Waals surface area contributed by atoms with Gasteiger partial charge in [-0.1, -0.05) is 43.3 Å². The molecule has 3 N–H and O–H groups in total. The summed E-state index contributed by atoms with van der Waals surface area (Å²) in [6, 6.07) is 16.5. The van der Waals surface area contributed by atoms with E-state index in [1.165, 1.54) is 12.5 Å². The number of aromatic nitrogens is 3. The van der Waals surface area contributed by atoms with E-state index in [1.54, 1.807) is 30.3 Å². The van der Waals surface area contributed by atoms with Crippen molar-refractivity contribution in [3.63, 3.8) is 0 Å². The van der Waals surface area contributed by atoms with Gasteiger partial charge in [0.1, 0.15) is 0 Å². The molecule has 0 saturated heterocycles. The Hall–Kier alpha value is -4.00. The predicted molar refractivity (Wildman–Crippen MR) is 115 cm³/mol. The third-order valence-corrected chi connectivity index (χ3v) is 4.91. The molecule has 0 atom stereocenters. The molecule has 0 aliphatic carbocycles. The number of carbonyl (C=O) groups is 2. The van der Waals surface area contributed by atoms with Crippen LogP contribution in [0.3, 0.4) is 0 Å². The number of carboxylic acid groups (broad SMARTS) is 1. The van der Waals surface area contributed by atoms with Crippen molar-refractivity contribution in [3.8, 4) is 22.5 Å². The highest BCUT2D eigenvalue weighted by molar-refractivity contribution is 6.08. The summed E-state index contributed by atoms with van der Waals surface area (Å²) in [6.45, 7) is 3.52. The second-order valence-electron chi connectivity index (χ2n) is 6.97. The normalized spacial score (nSPS) is 10.9. The second-order valence-corrected chi connectivity index (χ2v) is 6.97. The number of benzene rings is 2. The molecule has 0 bridgehead atoms. The highest BCUT2D eigenvalue weighted by Gasteiger charge is 2.19. The van der Waals surface area contributed by atoms with Crippen LogP contribution < -0.4 is 5.32 Å². The van der Waals surface area contributed by atoms with E-state index in [4.69, 9.17) is 0 Å². The number of pyridine rings is 1. The molecule has 0 aliphatic rings. The average Bonchev–Trinajstić information content (AvgIpc) is 3.17. The zero-order chi connectivity index (χ0) is 21.3. The lowest BCUT2D eigenvalue weighted by atomic mass is 10.0. The molecule has 1 amide bonds. The van der Waals surface area contributed by atoms with E-state index in [1.807, 2.05) is 24.3 Å². The number of anilines is 1. The third kappa shape index (κ3) is 3.65. The molecule has 30 heavy (non-hydrogen) atoms. The van der Waals surface area contributed by atoms with E-state index < -0.39 is 5.97 Å². The highest BCUT2D eigenvalue weighted by Crippen LogP contribution is 2.32. The van der Waals surface area contributed by atoms with E-state index in [-0.39, 0.29) is 11.5 Å². The first kappa shape index (κ1) is 19.3. The number of hydrogen-bond donors (Lipinski definition) is 3. The lowest BCUT2D eigenvalue weighted by molar-refractivity contribution is -0.114. The van der Waals surface area contributed by atoms with Crippen molar-refractivity contribution in [1.29, 1.82) is 0 Å². The van der Waals surface area contributed by atoms with E-state index in [0.29, 0.717) is 28.1 Å². The fraction of sp³-hybridized carbons (Fsp3) is 0.130. The fourth-order valence-corrected chi connectivity index (χ4v) is 3.38. The Labute approximate surface area is 172 Å². The van der Waals surface area contributed by atoms with Crippen LogP contribution in [0.2, 0.25) is 0 Å². The molecule has 0 radical (unpaired) electrons. The van der Waals surface area contributed by atoms with Gasteiger partial charge in [0, 0.05) is 23.7 Å². The van der Waals surface area contributed by atoms with Gasteiger partial charge in [0.2, 0.25) is 5.91 Å². The Morgan fingerprint density at radius 1 is 1.03 bits per heavy atom. The summed E-state index contributed by atoms with van der Waals surface area (Å²) in [5.41, 5.74) is 5.03. The molecule has 0 unspecified atom stereocenters. The summed E-state index contributed by atoms with van der Waals surface area (Å²) in [4.78, 5) is 27.8. The number of aromatic carboxylic acids is 1. The summed E-state index contributed by atoms with van der Waals surface area (Å²) in [5, 5.41) is 20.2. The number of hydrogen-bond acceptors (Lipinski definition) is 4.